The Bertz CT molecular complexity index is 1130. The second kappa shape index (κ2) is 13.2. The van der Waals surface area contributed by atoms with E-state index in [1.165, 1.54) is 42.4 Å². The highest BCUT2D eigenvalue weighted by molar-refractivity contribution is 5.87. The molecule has 2 heteroatoms. The number of hydrogen-bond acceptors (Lipinski definition) is 2. The minimum absolute atomic E-state index is 0.0522. The van der Waals surface area contributed by atoms with Gasteiger partial charge in [-0.15, -0.1) is 0 Å². The van der Waals surface area contributed by atoms with E-state index in [4.69, 9.17) is 4.74 Å². The van der Waals surface area contributed by atoms with Crippen LogP contribution in [0.4, 0.5) is 0 Å². The first-order valence-electron chi connectivity index (χ1n) is 15.4. The Kier molecular flexibility index (Phi) is 9.91. The summed E-state index contributed by atoms with van der Waals surface area (Å²) in [6.07, 6.45) is 23.3. The average molecular weight is 527 g/mol. The second-order valence-corrected chi connectivity index (χ2v) is 13.0. The molecule has 0 N–H and O–H groups in total. The number of ether oxygens (including phenoxy) is 1. The molecule has 0 aliphatic heterocycles. The molecule has 39 heavy (non-hydrogen) atoms. The minimum atomic E-state index is -0.250. The maximum absolute atomic E-state index is 12.5. The number of fused-ring (bicyclic) bond motifs is 1. The number of allylic oxidation sites excluding steroid dienone is 7. The second-order valence-electron chi connectivity index (χ2n) is 13.0. The fourth-order valence-corrected chi connectivity index (χ4v) is 7.12. The van der Waals surface area contributed by atoms with Crippen LogP contribution in [-0.4, -0.2) is 12.1 Å². The molecule has 0 aromatic heterocycles. The van der Waals surface area contributed by atoms with Crippen molar-refractivity contribution in [2.75, 3.05) is 0 Å². The third-order valence-corrected chi connectivity index (χ3v) is 10.1. The van der Waals surface area contributed by atoms with Crippen molar-refractivity contribution in [3.63, 3.8) is 0 Å². The third-order valence-electron chi connectivity index (χ3n) is 10.1. The van der Waals surface area contributed by atoms with Crippen LogP contribution in [0.5, 0.6) is 0 Å². The maximum atomic E-state index is 12.5. The Morgan fingerprint density at radius 2 is 1.77 bits per heavy atom. The Balaban J connectivity index is 1.38. The average Bonchev–Trinajstić information content (AvgIpc) is 3.28. The molecule has 0 heterocycles. The summed E-state index contributed by atoms with van der Waals surface area (Å²) in [6, 6.07) is 9.90. The summed E-state index contributed by atoms with van der Waals surface area (Å²) in [5, 5.41) is 0. The molecule has 1 aromatic carbocycles. The number of hydrogen-bond donors (Lipinski definition) is 0. The predicted octanol–water partition coefficient (Wildman–Crippen LogP) is 9.91. The number of rotatable bonds is 9. The molecule has 1 fully saturated rings. The van der Waals surface area contributed by atoms with Crippen molar-refractivity contribution in [3.05, 3.63) is 89.1 Å². The lowest BCUT2D eigenvalue weighted by atomic mass is 9.62. The zero-order valence-electron chi connectivity index (χ0n) is 25.2. The highest BCUT2D eigenvalue weighted by Crippen LogP contribution is 2.58. The Morgan fingerprint density at radius 3 is 2.51 bits per heavy atom. The molecule has 0 amide bonds. The third kappa shape index (κ3) is 7.33. The SMILES string of the molecule is CC1=C(/C=C/C2=CCC[C@]3(C)[C@@H]([C@H](C)/C=C/[C@H](C)C(C)C)CC[C@@H]23)C[C@@H](OC(=O)/C=C/c2ccccc2)CC1. The van der Waals surface area contributed by atoms with Gasteiger partial charge in [0.25, 0.3) is 0 Å². The van der Waals surface area contributed by atoms with Crippen molar-refractivity contribution in [1.29, 1.82) is 0 Å². The normalized spacial score (nSPS) is 29.3. The van der Waals surface area contributed by atoms with Gasteiger partial charge in [0.2, 0.25) is 0 Å². The smallest absolute Gasteiger partial charge is 0.331 e. The maximum Gasteiger partial charge on any atom is 0.331 e. The van der Waals surface area contributed by atoms with Crippen molar-refractivity contribution in [1.82, 2.24) is 0 Å². The van der Waals surface area contributed by atoms with Crippen molar-refractivity contribution in [2.24, 2.45) is 35.0 Å². The van der Waals surface area contributed by atoms with Crippen LogP contribution in [0.2, 0.25) is 0 Å². The molecule has 6 atom stereocenters. The Hall–Kier alpha value is -2.61. The summed E-state index contributed by atoms with van der Waals surface area (Å²) >= 11 is 0. The summed E-state index contributed by atoms with van der Waals surface area (Å²) in [7, 11) is 0. The predicted molar refractivity (Wildman–Crippen MR) is 165 cm³/mol. The first-order chi connectivity index (χ1) is 18.7. The number of benzene rings is 1. The fourth-order valence-electron chi connectivity index (χ4n) is 7.12. The first-order valence-corrected chi connectivity index (χ1v) is 15.4. The van der Waals surface area contributed by atoms with Crippen molar-refractivity contribution >= 4 is 12.0 Å². The summed E-state index contributed by atoms with van der Waals surface area (Å²) in [5.41, 5.74) is 5.68. The van der Waals surface area contributed by atoms with E-state index in [9.17, 15) is 4.79 Å². The quantitative estimate of drug-likeness (QED) is 0.182. The summed E-state index contributed by atoms with van der Waals surface area (Å²) in [4.78, 5) is 12.5. The van der Waals surface area contributed by atoms with Gasteiger partial charge in [-0.05, 0) is 103 Å². The molecule has 0 bridgehead atoms. The van der Waals surface area contributed by atoms with Crippen LogP contribution in [0.15, 0.2) is 83.5 Å². The van der Waals surface area contributed by atoms with Crippen molar-refractivity contribution in [2.45, 2.75) is 92.6 Å². The van der Waals surface area contributed by atoms with Crippen LogP contribution in [0, 0.1) is 35.0 Å². The lowest BCUT2D eigenvalue weighted by Gasteiger charge is -2.42. The van der Waals surface area contributed by atoms with E-state index in [0.717, 1.165) is 30.7 Å². The van der Waals surface area contributed by atoms with Crippen LogP contribution in [0.3, 0.4) is 0 Å². The summed E-state index contributed by atoms with van der Waals surface area (Å²) in [5.74, 6) is 3.10. The molecule has 3 aliphatic rings. The molecule has 0 radical (unpaired) electrons. The van der Waals surface area contributed by atoms with E-state index in [1.54, 1.807) is 6.08 Å². The van der Waals surface area contributed by atoms with E-state index >= 15 is 0 Å². The molecule has 1 saturated carbocycles. The van der Waals surface area contributed by atoms with Gasteiger partial charge in [0, 0.05) is 12.5 Å². The van der Waals surface area contributed by atoms with Gasteiger partial charge in [0.1, 0.15) is 6.10 Å². The minimum Gasteiger partial charge on any atom is -0.459 e. The van der Waals surface area contributed by atoms with Crippen LogP contribution in [0.1, 0.15) is 92.1 Å². The molecule has 210 valence electrons. The van der Waals surface area contributed by atoms with Gasteiger partial charge in [-0.3, -0.25) is 0 Å². The lowest BCUT2D eigenvalue weighted by molar-refractivity contribution is -0.143. The Labute approximate surface area is 238 Å². The number of esters is 1. The van der Waals surface area contributed by atoms with Gasteiger partial charge in [0.05, 0.1) is 0 Å². The van der Waals surface area contributed by atoms with E-state index in [2.05, 4.69) is 71.9 Å². The van der Waals surface area contributed by atoms with Gasteiger partial charge in [0.15, 0.2) is 0 Å². The van der Waals surface area contributed by atoms with Crippen LogP contribution in [0.25, 0.3) is 6.08 Å². The molecule has 0 unspecified atom stereocenters. The van der Waals surface area contributed by atoms with Crippen LogP contribution < -0.4 is 0 Å². The fraction of sp³-hybridized carbons (Fsp3) is 0.541. The van der Waals surface area contributed by atoms with E-state index < -0.39 is 0 Å². The van der Waals surface area contributed by atoms with E-state index in [-0.39, 0.29) is 12.1 Å². The van der Waals surface area contributed by atoms with Crippen LogP contribution in [-0.2, 0) is 9.53 Å². The van der Waals surface area contributed by atoms with E-state index in [0.29, 0.717) is 29.1 Å². The number of carbonyl (C=O) groups excluding carboxylic acids is 1. The molecule has 4 rings (SSSR count). The van der Waals surface area contributed by atoms with Crippen molar-refractivity contribution in [3.8, 4) is 0 Å². The molecular weight excluding hydrogens is 476 g/mol. The largest absolute Gasteiger partial charge is 0.459 e. The van der Waals surface area contributed by atoms with Crippen LogP contribution >= 0.6 is 0 Å². The van der Waals surface area contributed by atoms with E-state index in [1.807, 2.05) is 36.4 Å². The summed E-state index contributed by atoms with van der Waals surface area (Å²) < 4.78 is 5.85. The van der Waals surface area contributed by atoms with Gasteiger partial charge in [-0.1, -0.05) is 101 Å². The topological polar surface area (TPSA) is 26.3 Å². The first kappa shape index (κ1) is 29.4. The molecule has 1 aromatic rings. The van der Waals surface area contributed by atoms with Gasteiger partial charge < -0.3 is 4.74 Å². The standard InChI is InChI=1S/C37H50O2/c1-26(2)27(3)14-15-29(5)34-21-22-35-31(13-10-24-37(34,35)6)18-19-32-25-33(20-16-28(32)4)39-36(38)23-17-30-11-8-7-9-12-30/h7-9,11-15,17-19,23,26-27,29,33-35H,10,16,20-22,24-25H2,1-6H3/b15-14+,19-18+,23-17+/t27-,29+,33-,34+,35-,37+/m0/s1. The Morgan fingerprint density at radius 1 is 1.00 bits per heavy atom. The van der Waals surface area contributed by atoms with Gasteiger partial charge in [-0.25, -0.2) is 4.79 Å². The highest BCUT2D eigenvalue weighted by Gasteiger charge is 2.49. The zero-order valence-corrected chi connectivity index (χ0v) is 25.2. The molecule has 2 nitrogen and oxygen atoms in total. The van der Waals surface area contributed by atoms with Crippen molar-refractivity contribution < 1.29 is 9.53 Å². The number of carbonyl (C=O) groups is 1. The molecule has 3 aliphatic carbocycles. The van der Waals surface area contributed by atoms with Gasteiger partial charge in [-0.2, -0.15) is 0 Å². The molecule has 0 spiro atoms. The lowest BCUT2D eigenvalue weighted by Crippen LogP contribution is -2.34. The molecular formula is C37H50O2. The van der Waals surface area contributed by atoms with Gasteiger partial charge >= 0.3 is 5.97 Å². The monoisotopic (exact) mass is 526 g/mol. The zero-order chi connectivity index (χ0) is 28.0. The molecule has 0 saturated heterocycles. The highest BCUT2D eigenvalue weighted by atomic mass is 16.5. The summed E-state index contributed by atoms with van der Waals surface area (Å²) in [6.45, 7) is 14.2.